The number of fused-ring (bicyclic) bond motifs is 2. The highest BCUT2D eigenvalue weighted by Crippen LogP contribution is 2.32. The van der Waals surface area contributed by atoms with Gasteiger partial charge in [-0.1, -0.05) is 0 Å². The normalized spacial score (nSPS) is 37.5. The van der Waals surface area contributed by atoms with Crippen molar-refractivity contribution in [2.45, 2.75) is 57.0 Å². The Morgan fingerprint density at radius 1 is 1.16 bits per heavy atom. The van der Waals surface area contributed by atoms with Crippen LogP contribution in [0.25, 0.3) is 0 Å². The molecule has 0 radical (unpaired) electrons. The van der Waals surface area contributed by atoms with E-state index in [-0.39, 0.29) is 5.91 Å². The van der Waals surface area contributed by atoms with E-state index in [1.165, 1.54) is 25.7 Å². The highest BCUT2D eigenvalue weighted by Gasteiger charge is 2.34. The van der Waals surface area contributed by atoms with Crippen LogP contribution in [0.15, 0.2) is 0 Å². The van der Waals surface area contributed by atoms with Crippen molar-refractivity contribution in [3.8, 4) is 0 Å². The second-order valence-corrected chi connectivity index (χ2v) is 6.55. The van der Waals surface area contributed by atoms with Gasteiger partial charge in [-0.2, -0.15) is 0 Å². The van der Waals surface area contributed by atoms with Gasteiger partial charge in [0.2, 0.25) is 5.91 Å². The molecule has 3 aliphatic rings. The van der Waals surface area contributed by atoms with Crippen LogP contribution in [0.5, 0.6) is 0 Å². The number of nitrogens with one attached hydrogen (secondary N) is 2. The second kappa shape index (κ2) is 6.23. The molecule has 0 saturated carbocycles. The Bertz CT molecular complexity index is 303. The molecular formula is C15H26N2O2. The number of carbonyl (C=O) groups excluding carboxylic acids is 1. The summed E-state index contributed by atoms with van der Waals surface area (Å²) < 4.78 is 5.35. The molecule has 108 valence electrons. The summed E-state index contributed by atoms with van der Waals surface area (Å²) in [6.45, 7) is 2.61. The summed E-state index contributed by atoms with van der Waals surface area (Å²) in [5.41, 5.74) is 0. The number of rotatable bonds is 5. The molecule has 3 heterocycles. The fourth-order valence-electron chi connectivity index (χ4n) is 3.90. The Balaban J connectivity index is 1.32. The third-order valence-corrected chi connectivity index (χ3v) is 4.94. The Kier molecular flexibility index (Phi) is 4.38. The van der Waals surface area contributed by atoms with Crippen molar-refractivity contribution in [2.24, 2.45) is 11.8 Å². The van der Waals surface area contributed by atoms with Gasteiger partial charge in [0, 0.05) is 38.3 Å². The summed E-state index contributed by atoms with van der Waals surface area (Å²) in [4.78, 5) is 12.0. The minimum Gasteiger partial charge on any atom is -0.381 e. The predicted octanol–water partition coefficient (Wildman–Crippen LogP) is 1.45. The van der Waals surface area contributed by atoms with Crippen molar-refractivity contribution >= 4 is 5.91 Å². The fraction of sp³-hybridized carbons (Fsp3) is 0.933. The van der Waals surface area contributed by atoms with E-state index in [4.69, 9.17) is 4.74 Å². The molecule has 0 spiro atoms. The molecule has 2 N–H and O–H groups in total. The fourth-order valence-corrected chi connectivity index (χ4v) is 3.90. The maximum Gasteiger partial charge on any atom is 0.220 e. The van der Waals surface area contributed by atoms with Crippen LogP contribution >= 0.6 is 0 Å². The molecule has 3 unspecified atom stereocenters. The van der Waals surface area contributed by atoms with Crippen LogP contribution < -0.4 is 10.6 Å². The lowest BCUT2D eigenvalue weighted by atomic mass is 9.89. The molecule has 4 heteroatoms. The van der Waals surface area contributed by atoms with Crippen LogP contribution in [0.4, 0.5) is 0 Å². The molecule has 4 nitrogen and oxygen atoms in total. The lowest BCUT2D eigenvalue weighted by Crippen LogP contribution is -2.39. The molecule has 1 amide bonds. The van der Waals surface area contributed by atoms with Gasteiger partial charge in [-0.15, -0.1) is 0 Å². The molecule has 0 aliphatic carbocycles. The third kappa shape index (κ3) is 3.69. The topological polar surface area (TPSA) is 50.4 Å². The summed E-state index contributed by atoms with van der Waals surface area (Å²) in [5, 5.41) is 6.72. The van der Waals surface area contributed by atoms with Gasteiger partial charge >= 0.3 is 0 Å². The van der Waals surface area contributed by atoms with Crippen molar-refractivity contribution in [1.82, 2.24) is 10.6 Å². The first-order chi connectivity index (χ1) is 9.29. The number of ether oxygens (including phenoxy) is 1. The van der Waals surface area contributed by atoms with Gasteiger partial charge in [-0.3, -0.25) is 4.79 Å². The lowest BCUT2D eigenvalue weighted by Gasteiger charge is -2.28. The number of hydrogen-bond acceptors (Lipinski definition) is 3. The Hall–Kier alpha value is -0.610. The van der Waals surface area contributed by atoms with Crippen molar-refractivity contribution in [1.29, 1.82) is 0 Å². The number of carbonyl (C=O) groups is 1. The summed E-state index contributed by atoms with van der Waals surface area (Å²) in [6, 6.07) is 1.37. The molecule has 0 aromatic rings. The van der Waals surface area contributed by atoms with E-state index in [2.05, 4.69) is 10.6 Å². The first kappa shape index (κ1) is 13.4. The first-order valence-corrected chi connectivity index (χ1v) is 7.90. The van der Waals surface area contributed by atoms with E-state index >= 15 is 0 Å². The maximum atomic E-state index is 12.0. The average Bonchev–Trinajstić information content (AvgIpc) is 2.99. The van der Waals surface area contributed by atoms with Gasteiger partial charge in [-0.25, -0.2) is 0 Å². The monoisotopic (exact) mass is 266 g/mol. The van der Waals surface area contributed by atoms with E-state index in [1.807, 2.05) is 0 Å². The molecule has 3 rings (SSSR count). The third-order valence-electron chi connectivity index (χ3n) is 4.94. The molecule has 0 aromatic heterocycles. The molecule has 3 fully saturated rings. The second-order valence-electron chi connectivity index (χ2n) is 6.55. The minimum atomic E-state index is 0.255. The van der Waals surface area contributed by atoms with E-state index in [0.717, 1.165) is 39.0 Å². The summed E-state index contributed by atoms with van der Waals surface area (Å²) >= 11 is 0. The highest BCUT2D eigenvalue weighted by atomic mass is 16.5. The smallest absolute Gasteiger partial charge is 0.220 e. The van der Waals surface area contributed by atoms with Crippen molar-refractivity contribution in [2.75, 3.05) is 19.8 Å². The van der Waals surface area contributed by atoms with Crippen LogP contribution in [0.2, 0.25) is 0 Å². The Labute approximate surface area is 115 Å². The number of hydrogen-bond donors (Lipinski definition) is 2. The predicted molar refractivity (Wildman–Crippen MR) is 73.8 cm³/mol. The Morgan fingerprint density at radius 2 is 1.95 bits per heavy atom. The molecular weight excluding hydrogens is 240 g/mol. The van der Waals surface area contributed by atoms with Gasteiger partial charge < -0.3 is 15.4 Å². The van der Waals surface area contributed by atoms with E-state index in [9.17, 15) is 4.79 Å². The van der Waals surface area contributed by atoms with Gasteiger partial charge in [0.15, 0.2) is 0 Å². The largest absolute Gasteiger partial charge is 0.381 e. The summed E-state index contributed by atoms with van der Waals surface area (Å²) in [5.74, 6) is 1.52. The zero-order valence-corrected chi connectivity index (χ0v) is 11.7. The van der Waals surface area contributed by atoms with Crippen LogP contribution in [-0.4, -0.2) is 37.7 Å². The van der Waals surface area contributed by atoms with Crippen LogP contribution in [0, 0.1) is 11.8 Å². The number of amides is 1. The van der Waals surface area contributed by atoms with Crippen LogP contribution in [0.1, 0.15) is 44.9 Å². The van der Waals surface area contributed by atoms with E-state index in [1.54, 1.807) is 0 Å². The van der Waals surface area contributed by atoms with Crippen LogP contribution in [0.3, 0.4) is 0 Å². The number of piperidine rings is 1. The zero-order valence-electron chi connectivity index (χ0n) is 11.7. The maximum absolute atomic E-state index is 12.0. The van der Waals surface area contributed by atoms with Gasteiger partial charge in [0.1, 0.15) is 0 Å². The van der Waals surface area contributed by atoms with E-state index in [0.29, 0.717) is 23.9 Å². The molecule has 3 atom stereocenters. The first-order valence-electron chi connectivity index (χ1n) is 7.90. The molecule has 3 saturated heterocycles. The molecule has 0 aromatic carbocycles. The Morgan fingerprint density at radius 3 is 2.63 bits per heavy atom. The standard InChI is InChI=1S/C15H26N2O2/c18-15(16-5-3-11-4-6-19-10-11)9-12-7-13-1-2-14(8-12)17-13/h11-14,17H,1-10H2,(H,16,18). The van der Waals surface area contributed by atoms with Crippen LogP contribution in [-0.2, 0) is 9.53 Å². The summed E-state index contributed by atoms with van der Waals surface area (Å²) in [7, 11) is 0. The quantitative estimate of drug-likeness (QED) is 0.792. The lowest BCUT2D eigenvalue weighted by molar-refractivity contribution is -0.122. The van der Waals surface area contributed by atoms with Gasteiger partial charge in [0.25, 0.3) is 0 Å². The van der Waals surface area contributed by atoms with Gasteiger partial charge in [-0.05, 0) is 50.4 Å². The summed E-state index contributed by atoms with van der Waals surface area (Å²) in [6.07, 6.45) is 7.97. The van der Waals surface area contributed by atoms with Crippen molar-refractivity contribution in [3.05, 3.63) is 0 Å². The van der Waals surface area contributed by atoms with Crippen molar-refractivity contribution in [3.63, 3.8) is 0 Å². The molecule has 19 heavy (non-hydrogen) atoms. The van der Waals surface area contributed by atoms with Gasteiger partial charge in [0.05, 0.1) is 0 Å². The van der Waals surface area contributed by atoms with Crippen molar-refractivity contribution < 1.29 is 9.53 Å². The molecule has 2 bridgehead atoms. The van der Waals surface area contributed by atoms with E-state index < -0.39 is 0 Å². The SMILES string of the molecule is O=C(CC1CC2CCC(C1)N2)NCCC1CCOC1. The zero-order chi connectivity index (χ0) is 13.1. The minimum absolute atomic E-state index is 0.255. The molecule has 3 aliphatic heterocycles. The average molecular weight is 266 g/mol. The highest BCUT2D eigenvalue weighted by molar-refractivity contribution is 5.76.